The van der Waals surface area contributed by atoms with Crippen LogP contribution in [-0.4, -0.2) is 8.35 Å². The summed E-state index contributed by atoms with van der Waals surface area (Å²) >= 11 is 0.676. The first-order chi connectivity index (χ1) is 3.43. The van der Waals surface area contributed by atoms with Crippen LogP contribution in [0.15, 0.2) is 0 Å². The molecule has 0 saturated carbocycles. The van der Waals surface area contributed by atoms with E-state index in [2.05, 4.69) is 6.92 Å². The van der Waals surface area contributed by atoms with E-state index >= 15 is 0 Å². The molecule has 0 radical (unpaired) electrons. The fourth-order valence-electron chi connectivity index (χ4n) is 0.920. The molecule has 1 aliphatic heterocycles. The van der Waals surface area contributed by atoms with Crippen LogP contribution < -0.4 is 21.2 Å². The second kappa shape index (κ2) is 2.90. The summed E-state index contributed by atoms with van der Waals surface area (Å²) in [5, 5.41) is 0. The van der Waals surface area contributed by atoms with Gasteiger partial charge in [-0.2, -0.15) is 0 Å². The average molecular weight is 211 g/mol. The first-order valence-corrected chi connectivity index (χ1v) is 5.78. The molecule has 1 atom stereocenters. The minimum absolute atomic E-state index is 0.676. The molecule has 0 N–H and O–H groups in total. The van der Waals surface area contributed by atoms with E-state index in [-0.39, 0.29) is 0 Å². The van der Waals surface area contributed by atoms with Crippen LogP contribution in [-0.2, 0) is 0 Å². The van der Waals surface area contributed by atoms with E-state index < -0.39 is 0 Å². The van der Waals surface area contributed by atoms with Crippen molar-refractivity contribution in [1.29, 1.82) is 0 Å². The van der Waals surface area contributed by atoms with Crippen molar-refractivity contribution >= 4 is 0 Å². The summed E-state index contributed by atoms with van der Waals surface area (Å²) in [5.74, 6) is 0. The Bertz CT molecular complexity index is 46.1. The Morgan fingerprint density at radius 2 is 2.57 bits per heavy atom. The van der Waals surface area contributed by atoms with Crippen LogP contribution in [0.5, 0.6) is 0 Å². The second-order valence-corrected chi connectivity index (χ2v) is 5.71. The summed E-state index contributed by atoms with van der Waals surface area (Å²) < 4.78 is 2.82. The number of hydrogen-bond donors (Lipinski definition) is 0. The first-order valence-electron chi connectivity index (χ1n) is 3.01. The molecule has 1 aliphatic rings. The van der Waals surface area contributed by atoms with Crippen molar-refractivity contribution in [1.82, 2.24) is 0 Å². The van der Waals surface area contributed by atoms with Gasteiger partial charge in [-0.1, -0.05) is 6.92 Å². The highest BCUT2D eigenvalue weighted by Gasteiger charge is 2.27. The third-order valence-electron chi connectivity index (χ3n) is 1.42. The molecule has 1 heterocycles. The maximum absolute atomic E-state index is 2.33. The average Bonchev–Trinajstić information content (AvgIpc) is 2.14. The third kappa shape index (κ3) is 1.59. The van der Waals surface area contributed by atoms with E-state index in [0.29, 0.717) is 21.2 Å². The number of hydrogen-bond acceptors (Lipinski definition) is 0. The van der Waals surface area contributed by atoms with Crippen LogP contribution in [0.1, 0.15) is 26.2 Å². The lowest BCUT2D eigenvalue weighted by molar-refractivity contribution is -0.670. The van der Waals surface area contributed by atoms with Crippen LogP contribution in [0.25, 0.3) is 0 Å². The van der Waals surface area contributed by atoms with E-state index in [1.54, 1.807) is 17.3 Å². The molecule has 1 unspecified atom stereocenters. The van der Waals surface area contributed by atoms with E-state index in [9.17, 15) is 0 Å². The number of alkyl halides is 2. The Kier molecular flexibility index (Phi) is 2.43. The summed E-state index contributed by atoms with van der Waals surface area (Å²) in [7, 11) is 0. The predicted molar refractivity (Wildman–Crippen MR) is 28.2 cm³/mol. The maximum atomic E-state index is 2.33. The first kappa shape index (κ1) is 5.86. The van der Waals surface area contributed by atoms with Gasteiger partial charge in [-0.3, -0.25) is 0 Å². The minimum Gasteiger partial charge on any atom is -0.0611 e. The molecule has 1 rings (SSSR count). The molecular weight excluding hydrogens is 199 g/mol. The molecule has 1 saturated heterocycles. The lowest BCUT2D eigenvalue weighted by atomic mass is 10.2. The summed E-state index contributed by atoms with van der Waals surface area (Å²) in [6.07, 6.45) is 4.57. The van der Waals surface area contributed by atoms with Crippen LogP contribution in [0.3, 0.4) is 0 Å². The minimum atomic E-state index is 0.676. The van der Waals surface area contributed by atoms with E-state index in [1.165, 1.54) is 10.3 Å². The molecule has 7 heavy (non-hydrogen) atoms. The Morgan fingerprint density at radius 3 is 2.86 bits per heavy atom. The fourth-order valence-corrected chi connectivity index (χ4v) is 4.19. The molecule has 0 aliphatic carbocycles. The molecule has 0 amide bonds. The van der Waals surface area contributed by atoms with Gasteiger partial charge in [-0.25, -0.2) is 0 Å². The lowest BCUT2D eigenvalue weighted by Gasteiger charge is -1.86. The van der Waals surface area contributed by atoms with E-state index in [0.717, 1.165) is 0 Å². The van der Waals surface area contributed by atoms with Gasteiger partial charge in [0.2, 0.25) is 0 Å². The monoisotopic (exact) mass is 211 g/mol. The lowest BCUT2D eigenvalue weighted by Crippen LogP contribution is -3.64. The van der Waals surface area contributed by atoms with Gasteiger partial charge in [-0.05, 0) is 19.3 Å². The normalized spacial score (nSPS) is 31.3. The van der Waals surface area contributed by atoms with Crippen LogP contribution in [0, 0.1) is 0 Å². The zero-order chi connectivity index (χ0) is 5.11. The zero-order valence-corrected chi connectivity index (χ0v) is 6.94. The number of halogens is 1. The predicted octanol–water partition coefficient (Wildman–Crippen LogP) is -1.35. The molecule has 42 valence electrons. The molecule has 0 nitrogen and oxygen atoms in total. The Balaban J connectivity index is 2.14. The van der Waals surface area contributed by atoms with E-state index in [4.69, 9.17) is 0 Å². The zero-order valence-electron chi connectivity index (χ0n) is 4.78. The summed E-state index contributed by atoms with van der Waals surface area (Å²) in [5.41, 5.74) is 0. The summed E-state index contributed by atoms with van der Waals surface area (Å²) in [6, 6.07) is 0. The van der Waals surface area contributed by atoms with Gasteiger partial charge in [0.1, 0.15) is 4.43 Å². The van der Waals surface area contributed by atoms with Crippen molar-refractivity contribution in [3.63, 3.8) is 0 Å². The topological polar surface area (TPSA) is 0 Å². The fraction of sp³-hybridized carbons (Fsp3) is 1.00. The van der Waals surface area contributed by atoms with Crippen LogP contribution in [0.4, 0.5) is 0 Å². The summed E-state index contributed by atoms with van der Waals surface area (Å²) in [6.45, 7) is 2.33. The smallest absolute Gasteiger partial charge is 0.0611 e. The Morgan fingerprint density at radius 1 is 1.71 bits per heavy atom. The molecule has 1 fully saturated rings. The van der Waals surface area contributed by atoms with Gasteiger partial charge >= 0.3 is 0 Å². The van der Waals surface area contributed by atoms with Crippen molar-refractivity contribution in [3.8, 4) is 0 Å². The standard InChI is InChI=1S/C6H12I/c1-2-6-4-3-5-7-6/h6H,2-5H2,1H3/q+1. The van der Waals surface area contributed by atoms with Crippen molar-refractivity contribution < 1.29 is 21.2 Å². The van der Waals surface area contributed by atoms with Gasteiger partial charge in [-0.15, -0.1) is 0 Å². The second-order valence-electron chi connectivity index (χ2n) is 1.99. The van der Waals surface area contributed by atoms with Crippen molar-refractivity contribution in [3.05, 3.63) is 0 Å². The molecule has 0 aromatic rings. The van der Waals surface area contributed by atoms with Gasteiger partial charge in [0.15, 0.2) is 3.92 Å². The summed E-state index contributed by atoms with van der Waals surface area (Å²) in [4.78, 5) is 0. The molecule has 0 spiro atoms. The van der Waals surface area contributed by atoms with Crippen LogP contribution >= 0.6 is 0 Å². The number of rotatable bonds is 1. The molecule has 1 heteroatoms. The largest absolute Gasteiger partial charge is 0.272 e. The molecule has 0 aromatic carbocycles. The Labute approximate surface area is 55.9 Å². The van der Waals surface area contributed by atoms with Crippen LogP contribution in [0.2, 0.25) is 0 Å². The molecule has 0 bridgehead atoms. The van der Waals surface area contributed by atoms with Crippen molar-refractivity contribution in [2.45, 2.75) is 30.1 Å². The molecular formula is C6H12I+. The van der Waals surface area contributed by atoms with Gasteiger partial charge < -0.3 is 0 Å². The molecule has 0 aromatic heterocycles. The van der Waals surface area contributed by atoms with Crippen molar-refractivity contribution in [2.24, 2.45) is 0 Å². The van der Waals surface area contributed by atoms with E-state index in [1.807, 2.05) is 0 Å². The quantitative estimate of drug-likeness (QED) is 0.371. The third-order valence-corrected chi connectivity index (χ3v) is 5.56. The maximum Gasteiger partial charge on any atom is 0.272 e. The SMILES string of the molecule is CCC1CCC[I+]1. The highest BCUT2D eigenvalue weighted by atomic mass is 127. The van der Waals surface area contributed by atoms with Crippen molar-refractivity contribution in [2.75, 3.05) is 4.43 Å². The van der Waals surface area contributed by atoms with Gasteiger partial charge in [0.25, 0.3) is 21.2 Å². The van der Waals surface area contributed by atoms with Gasteiger partial charge in [0, 0.05) is 0 Å². The van der Waals surface area contributed by atoms with Gasteiger partial charge in [0.05, 0.1) is 0 Å². The highest BCUT2D eigenvalue weighted by Crippen LogP contribution is 1.95. The Hall–Kier alpha value is 0.730. The highest BCUT2D eigenvalue weighted by molar-refractivity contribution is 4.55.